The van der Waals surface area contributed by atoms with Crippen LogP contribution < -0.4 is 18.9 Å². The maximum atomic E-state index is 13.9. The van der Waals surface area contributed by atoms with E-state index >= 15 is 0 Å². The van der Waals surface area contributed by atoms with Crippen molar-refractivity contribution in [2.24, 2.45) is 0 Å². The molecule has 0 aliphatic heterocycles. The third-order valence-electron chi connectivity index (χ3n) is 7.36. The van der Waals surface area contributed by atoms with Crippen molar-refractivity contribution in [3.05, 3.63) is 118 Å². The van der Waals surface area contributed by atoms with Crippen molar-refractivity contribution in [3.63, 3.8) is 0 Å². The molecular weight excluding hydrogens is 792 g/mol. The first-order chi connectivity index (χ1) is 28.6. The van der Waals surface area contributed by atoms with E-state index in [-0.39, 0.29) is 35.8 Å². The first-order valence-corrected chi connectivity index (χ1v) is 18.1. The summed E-state index contributed by atoms with van der Waals surface area (Å²) >= 11 is 0. The van der Waals surface area contributed by atoms with Gasteiger partial charge in [-0.15, -0.1) is 0 Å². The normalized spacial score (nSPS) is 10.5. The molecule has 0 atom stereocenters. The number of carbonyl (C=O) groups excluding carboxylic acids is 8. The van der Waals surface area contributed by atoms with E-state index in [9.17, 15) is 38.4 Å². The predicted octanol–water partition coefficient (Wildman–Crippen LogP) is 8.00. The Hall–Kier alpha value is -7.76. The van der Waals surface area contributed by atoms with Gasteiger partial charge >= 0.3 is 36.6 Å². The number of hydrogen-bond acceptors (Lipinski definition) is 18. The van der Waals surface area contributed by atoms with E-state index in [1.165, 1.54) is 100 Å². The van der Waals surface area contributed by atoms with Crippen LogP contribution in [0.25, 0.3) is 0 Å². The van der Waals surface area contributed by atoms with Crippen LogP contribution in [0.3, 0.4) is 0 Å². The number of para-hydroxylation sites is 4. The second-order valence-electron chi connectivity index (χ2n) is 12.4. The lowest BCUT2D eigenvalue weighted by atomic mass is 9.99. The summed E-state index contributed by atoms with van der Waals surface area (Å²) in [5.74, 6) is -6.64. The Morgan fingerprint density at radius 2 is 0.750 bits per heavy atom. The quantitative estimate of drug-likeness (QED) is 0.0293. The highest BCUT2D eigenvalue weighted by atomic mass is 17.2. The van der Waals surface area contributed by atoms with E-state index in [2.05, 4.69) is 0 Å². The standard InChI is InChI=1S/C42H38O18/c1-7-51-39(47)55-31-21-11-9-15-25(31)33(43)27-17-13-19-29(35(27)57-41(49)53-23(3)4)37(45)59-60-38(46)30-20-14-18-28(36(30)58-42(50)54-24(5)6)34(44)26-16-10-12-22-32(26)56-40(48)52-8-2/h9-24H,7-8H2,1-6H3. The Balaban J connectivity index is 1.72. The van der Waals surface area contributed by atoms with E-state index in [1.54, 1.807) is 13.8 Å². The average molecular weight is 831 g/mol. The van der Waals surface area contributed by atoms with E-state index in [1.807, 2.05) is 0 Å². The van der Waals surface area contributed by atoms with Gasteiger partial charge in [-0.05, 0) is 90.1 Å². The molecule has 0 aromatic heterocycles. The minimum Gasteiger partial charge on any atom is -0.434 e. The number of ketones is 2. The highest BCUT2D eigenvalue weighted by Gasteiger charge is 2.31. The SMILES string of the molecule is CCOC(=O)Oc1ccccc1C(=O)c1cccc(C(=O)OOC(=O)c2cccc(C(=O)c3ccccc3OC(=O)OCC)c2OC(=O)OC(C)C)c1OC(=O)OC(C)C. The summed E-state index contributed by atoms with van der Waals surface area (Å²) in [6.45, 7) is 9.08. The van der Waals surface area contributed by atoms with Crippen LogP contribution in [0.1, 0.15) is 94.1 Å². The highest BCUT2D eigenvalue weighted by Crippen LogP contribution is 2.33. The molecule has 314 valence electrons. The van der Waals surface area contributed by atoms with Crippen molar-refractivity contribution >= 4 is 48.1 Å². The Kier molecular flexibility index (Phi) is 15.8. The van der Waals surface area contributed by atoms with Crippen LogP contribution in [-0.2, 0) is 28.7 Å². The Labute approximate surface area is 342 Å². The number of carbonyl (C=O) groups is 8. The lowest BCUT2D eigenvalue weighted by molar-refractivity contribution is -0.187. The molecule has 60 heavy (non-hydrogen) atoms. The van der Waals surface area contributed by atoms with Gasteiger partial charge in [-0.25, -0.2) is 38.5 Å². The molecule has 4 aromatic carbocycles. The highest BCUT2D eigenvalue weighted by molar-refractivity contribution is 6.15. The summed E-state index contributed by atoms with van der Waals surface area (Å²) < 4.78 is 40.7. The lowest BCUT2D eigenvalue weighted by Crippen LogP contribution is -2.21. The van der Waals surface area contributed by atoms with E-state index in [4.69, 9.17) is 47.7 Å². The van der Waals surface area contributed by atoms with Crippen LogP contribution in [0.15, 0.2) is 84.9 Å². The molecule has 4 aromatic rings. The zero-order valence-corrected chi connectivity index (χ0v) is 33.0. The van der Waals surface area contributed by atoms with Gasteiger partial charge in [0.2, 0.25) is 11.6 Å². The monoisotopic (exact) mass is 830 g/mol. The second-order valence-corrected chi connectivity index (χ2v) is 12.4. The Bertz CT molecular complexity index is 2120. The van der Waals surface area contributed by atoms with E-state index in [0.29, 0.717) is 0 Å². The van der Waals surface area contributed by atoms with Crippen molar-refractivity contribution < 1.29 is 86.0 Å². The smallest absolute Gasteiger partial charge is 0.434 e. The molecule has 0 radical (unpaired) electrons. The fourth-order valence-electron chi connectivity index (χ4n) is 4.99. The first-order valence-electron chi connectivity index (χ1n) is 18.1. The van der Waals surface area contributed by atoms with Gasteiger partial charge in [0.05, 0.1) is 47.7 Å². The lowest BCUT2D eigenvalue weighted by Gasteiger charge is -2.16. The van der Waals surface area contributed by atoms with Crippen molar-refractivity contribution in [3.8, 4) is 23.0 Å². The van der Waals surface area contributed by atoms with Gasteiger partial charge in [0.25, 0.3) is 0 Å². The zero-order chi connectivity index (χ0) is 43.9. The van der Waals surface area contributed by atoms with Gasteiger partial charge in [0, 0.05) is 0 Å². The van der Waals surface area contributed by atoms with Crippen LogP contribution in [0.5, 0.6) is 23.0 Å². The van der Waals surface area contributed by atoms with Gasteiger partial charge in [-0.2, -0.15) is 0 Å². The number of ether oxygens (including phenoxy) is 8. The van der Waals surface area contributed by atoms with Crippen molar-refractivity contribution in [1.29, 1.82) is 0 Å². The van der Waals surface area contributed by atoms with Gasteiger partial charge < -0.3 is 37.9 Å². The molecule has 0 spiro atoms. The summed E-state index contributed by atoms with van der Waals surface area (Å²) in [6, 6.07) is 18.0. The summed E-state index contributed by atoms with van der Waals surface area (Å²) in [6.07, 6.45) is -6.29. The van der Waals surface area contributed by atoms with E-state index < -0.39 is 94.1 Å². The summed E-state index contributed by atoms with van der Waals surface area (Å²) in [7, 11) is 0. The van der Waals surface area contributed by atoms with Crippen molar-refractivity contribution in [2.45, 2.75) is 53.8 Å². The average Bonchev–Trinajstić information content (AvgIpc) is 3.19. The van der Waals surface area contributed by atoms with Crippen LogP contribution in [0.4, 0.5) is 19.2 Å². The first kappa shape index (κ1) is 44.9. The molecule has 0 aliphatic carbocycles. The van der Waals surface area contributed by atoms with Crippen LogP contribution in [0.2, 0.25) is 0 Å². The number of rotatable bonds is 14. The van der Waals surface area contributed by atoms with E-state index in [0.717, 1.165) is 12.1 Å². The third kappa shape index (κ3) is 11.9. The summed E-state index contributed by atoms with van der Waals surface area (Å²) in [4.78, 5) is 114. The molecule has 18 heteroatoms. The summed E-state index contributed by atoms with van der Waals surface area (Å²) in [5, 5.41) is 0. The van der Waals surface area contributed by atoms with Crippen LogP contribution >= 0.6 is 0 Å². The van der Waals surface area contributed by atoms with Crippen molar-refractivity contribution in [1.82, 2.24) is 0 Å². The zero-order valence-electron chi connectivity index (χ0n) is 33.0. The minimum absolute atomic E-state index is 0.0231. The fraction of sp³-hybridized carbons (Fsp3) is 0.238. The molecule has 0 unspecified atom stereocenters. The molecule has 18 nitrogen and oxygen atoms in total. The molecular formula is C42H38O18. The van der Waals surface area contributed by atoms with Crippen LogP contribution in [-0.4, -0.2) is 73.5 Å². The van der Waals surface area contributed by atoms with Gasteiger partial charge in [0.15, 0.2) is 11.5 Å². The van der Waals surface area contributed by atoms with Crippen LogP contribution in [0, 0.1) is 0 Å². The number of benzene rings is 4. The number of hydrogen-bond donors (Lipinski definition) is 0. The maximum Gasteiger partial charge on any atom is 0.514 e. The molecule has 0 aliphatic rings. The van der Waals surface area contributed by atoms with Gasteiger partial charge in [0.1, 0.15) is 22.6 Å². The molecule has 0 fully saturated rings. The second kappa shape index (κ2) is 21.1. The maximum absolute atomic E-state index is 13.9. The molecule has 0 heterocycles. The molecule has 0 N–H and O–H groups in total. The van der Waals surface area contributed by atoms with Gasteiger partial charge in [-0.3, -0.25) is 9.59 Å². The molecule has 0 bridgehead atoms. The summed E-state index contributed by atoms with van der Waals surface area (Å²) in [5.41, 5.74) is -2.52. The minimum atomic E-state index is -1.49. The van der Waals surface area contributed by atoms with Gasteiger partial charge in [-0.1, -0.05) is 36.4 Å². The molecule has 4 rings (SSSR count). The topological polar surface area (TPSA) is 229 Å². The predicted molar refractivity (Wildman–Crippen MR) is 203 cm³/mol. The Morgan fingerprint density at radius 3 is 1.10 bits per heavy atom. The molecule has 0 saturated carbocycles. The Morgan fingerprint density at radius 1 is 0.417 bits per heavy atom. The molecule has 0 amide bonds. The molecule has 0 saturated heterocycles. The largest absolute Gasteiger partial charge is 0.514 e. The third-order valence-corrected chi connectivity index (χ3v) is 7.36. The van der Waals surface area contributed by atoms with Crippen molar-refractivity contribution in [2.75, 3.05) is 13.2 Å². The fourth-order valence-corrected chi connectivity index (χ4v) is 4.99.